The summed E-state index contributed by atoms with van der Waals surface area (Å²) in [6.45, 7) is 7.06. The smallest absolute Gasteiger partial charge is 0.305 e. The SMILES string of the molecule is CC(C)(C)C1CCC(N(C(=O)Cc2c[nH]c3ccccc23)C2CCc3cc(C(=O)NCCC(=O)O)ccc32)CC1. The van der Waals surface area contributed by atoms with Crippen molar-refractivity contribution in [2.45, 2.75) is 84.2 Å². The van der Waals surface area contributed by atoms with Crippen LogP contribution in [0.15, 0.2) is 48.7 Å². The van der Waals surface area contributed by atoms with Crippen LogP contribution in [-0.2, 0) is 22.4 Å². The summed E-state index contributed by atoms with van der Waals surface area (Å²) in [4.78, 5) is 43.1. The number of carbonyl (C=O) groups is 3. The third-order valence-electron chi connectivity index (χ3n) is 9.03. The van der Waals surface area contributed by atoms with Gasteiger partial charge >= 0.3 is 5.97 Å². The third-order valence-corrected chi connectivity index (χ3v) is 9.03. The normalized spacial score (nSPS) is 20.7. The van der Waals surface area contributed by atoms with Crippen LogP contribution in [0.4, 0.5) is 0 Å². The number of aromatic amines is 1. The van der Waals surface area contributed by atoms with Crippen LogP contribution in [0.2, 0.25) is 0 Å². The number of nitrogens with zero attached hydrogens (tertiary/aromatic N) is 1. The van der Waals surface area contributed by atoms with E-state index in [-0.39, 0.29) is 42.3 Å². The van der Waals surface area contributed by atoms with E-state index in [2.05, 4.69) is 42.0 Å². The molecule has 1 saturated carbocycles. The van der Waals surface area contributed by atoms with Crippen molar-refractivity contribution in [2.75, 3.05) is 6.54 Å². The number of aromatic nitrogens is 1. The summed E-state index contributed by atoms with van der Waals surface area (Å²) in [7, 11) is 0. The molecule has 0 aliphatic heterocycles. The Morgan fingerprint density at radius 3 is 2.50 bits per heavy atom. The predicted octanol–water partition coefficient (Wildman–Crippen LogP) is 6.04. The van der Waals surface area contributed by atoms with Gasteiger partial charge in [-0.15, -0.1) is 0 Å². The number of hydrogen-bond acceptors (Lipinski definition) is 3. The van der Waals surface area contributed by atoms with Crippen LogP contribution in [0.25, 0.3) is 10.9 Å². The van der Waals surface area contributed by atoms with Crippen LogP contribution in [0, 0.1) is 11.3 Å². The molecule has 1 heterocycles. The molecular weight excluding hydrogens is 502 g/mol. The van der Waals surface area contributed by atoms with Gasteiger partial charge in [-0.2, -0.15) is 0 Å². The van der Waals surface area contributed by atoms with Gasteiger partial charge in [0.1, 0.15) is 0 Å². The van der Waals surface area contributed by atoms with Crippen molar-refractivity contribution in [3.63, 3.8) is 0 Å². The fourth-order valence-electron chi connectivity index (χ4n) is 6.79. The molecule has 1 unspecified atom stereocenters. The van der Waals surface area contributed by atoms with E-state index in [0.29, 0.717) is 17.9 Å². The van der Waals surface area contributed by atoms with Crippen LogP contribution in [-0.4, -0.2) is 45.4 Å². The quantitative estimate of drug-likeness (QED) is 0.323. The molecule has 0 saturated heterocycles. The lowest BCUT2D eigenvalue weighted by Gasteiger charge is -2.43. The summed E-state index contributed by atoms with van der Waals surface area (Å²) in [5, 5.41) is 12.6. The Bertz CT molecular complexity index is 1390. The van der Waals surface area contributed by atoms with Crippen molar-refractivity contribution in [3.05, 3.63) is 70.9 Å². The first kappa shape index (κ1) is 27.9. The number of para-hydroxylation sites is 1. The van der Waals surface area contributed by atoms with Crippen molar-refractivity contribution < 1.29 is 19.5 Å². The highest BCUT2D eigenvalue weighted by Crippen LogP contribution is 2.44. The van der Waals surface area contributed by atoms with Gasteiger partial charge in [0, 0.05) is 35.2 Å². The largest absolute Gasteiger partial charge is 0.481 e. The molecule has 0 spiro atoms. The Kier molecular flexibility index (Phi) is 8.02. The third kappa shape index (κ3) is 5.93. The van der Waals surface area contributed by atoms with Crippen LogP contribution in [0.3, 0.4) is 0 Å². The molecule has 5 rings (SSSR count). The van der Waals surface area contributed by atoms with E-state index >= 15 is 0 Å². The monoisotopic (exact) mass is 543 g/mol. The number of nitrogens with one attached hydrogen (secondary N) is 2. The van der Waals surface area contributed by atoms with Gasteiger partial charge < -0.3 is 20.3 Å². The lowest BCUT2D eigenvalue weighted by molar-refractivity contribution is -0.137. The summed E-state index contributed by atoms with van der Waals surface area (Å²) < 4.78 is 0. The number of fused-ring (bicyclic) bond motifs is 2. The zero-order valence-electron chi connectivity index (χ0n) is 23.8. The van der Waals surface area contributed by atoms with Crippen molar-refractivity contribution in [1.82, 2.24) is 15.2 Å². The van der Waals surface area contributed by atoms with Crippen LogP contribution < -0.4 is 5.32 Å². The number of carboxylic acids is 1. The number of amides is 2. The molecule has 0 radical (unpaired) electrons. The maximum absolute atomic E-state index is 14.2. The summed E-state index contributed by atoms with van der Waals surface area (Å²) in [6.07, 6.45) is 8.15. The highest BCUT2D eigenvalue weighted by molar-refractivity contribution is 5.95. The number of aryl methyl sites for hydroxylation is 1. The molecule has 212 valence electrons. The highest BCUT2D eigenvalue weighted by Gasteiger charge is 2.39. The molecular formula is C33H41N3O4. The van der Waals surface area contributed by atoms with Crippen LogP contribution in [0.1, 0.15) is 92.4 Å². The molecule has 7 nitrogen and oxygen atoms in total. The van der Waals surface area contributed by atoms with E-state index in [1.807, 2.05) is 42.6 Å². The summed E-state index contributed by atoms with van der Waals surface area (Å²) in [5.74, 6) is -0.379. The van der Waals surface area contributed by atoms with E-state index in [1.165, 1.54) is 0 Å². The zero-order chi connectivity index (χ0) is 28.4. The fraction of sp³-hybridized carbons (Fsp3) is 0.485. The Hall–Kier alpha value is -3.61. The summed E-state index contributed by atoms with van der Waals surface area (Å²) in [5.41, 5.74) is 5.11. The van der Waals surface area contributed by atoms with E-state index in [1.54, 1.807) is 0 Å². The number of aliphatic carboxylic acids is 1. The highest BCUT2D eigenvalue weighted by atomic mass is 16.4. The number of carboxylic acid groups (broad SMARTS) is 1. The van der Waals surface area contributed by atoms with Gasteiger partial charge in [0.15, 0.2) is 0 Å². The molecule has 2 amide bonds. The Morgan fingerprint density at radius 1 is 1.02 bits per heavy atom. The fourth-order valence-corrected chi connectivity index (χ4v) is 6.79. The molecule has 2 aliphatic rings. The molecule has 0 bridgehead atoms. The van der Waals surface area contributed by atoms with Crippen molar-refractivity contribution in [1.29, 1.82) is 0 Å². The van der Waals surface area contributed by atoms with Crippen LogP contribution >= 0.6 is 0 Å². The molecule has 1 aromatic heterocycles. The molecule has 2 aromatic carbocycles. The standard InChI is InChI=1S/C33H41N3O4/c1-33(2,3)24-10-12-25(13-11-24)36(30(37)19-23-20-35-28-7-5-4-6-26(23)28)29-15-9-21-18-22(8-14-27(21)29)32(40)34-17-16-31(38)39/h4-8,14,18,20,24-25,29,35H,9-13,15-17,19H2,1-3H3,(H,34,40)(H,38,39). The maximum Gasteiger partial charge on any atom is 0.305 e. The second-order valence-corrected chi connectivity index (χ2v) is 12.6. The number of H-pyrrole nitrogens is 1. The van der Waals surface area contributed by atoms with E-state index in [4.69, 9.17) is 5.11 Å². The molecule has 2 aliphatic carbocycles. The first-order chi connectivity index (χ1) is 19.1. The molecule has 1 atom stereocenters. The number of rotatable bonds is 8. The predicted molar refractivity (Wildman–Crippen MR) is 156 cm³/mol. The minimum Gasteiger partial charge on any atom is -0.481 e. The zero-order valence-corrected chi connectivity index (χ0v) is 23.8. The lowest BCUT2D eigenvalue weighted by atomic mass is 9.71. The first-order valence-corrected chi connectivity index (χ1v) is 14.6. The average molecular weight is 544 g/mol. The minimum atomic E-state index is -0.939. The van der Waals surface area contributed by atoms with Gasteiger partial charge in [0.2, 0.25) is 5.91 Å². The van der Waals surface area contributed by atoms with Crippen molar-refractivity contribution in [2.24, 2.45) is 11.3 Å². The maximum atomic E-state index is 14.2. The van der Waals surface area contributed by atoms with E-state index < -0.39 is 5.97 Å². The molecule has 7 heteroatoms. The number of benzene rings is 2. The first-order valence-electron chi connectivity index (χ1n) is 14.6. The van der Waals surface area contributed by atoms with Gasteiger partial charge in [0.05, 0.1) is 18.9 Å². The van der Waals surface area contributed by atoms with Gasteiger partial charge in [-0.25, -0.2) is 0 Å². The topological polar surface area (TPSA) is 103 Å². The van der Waals surface area contributed by atoms with Gasteiger partial charge in [-0.3, -0.25) is 14.4 Å². The Balaban J connectivity index is 1.39. The Morgan fingerprint density at radius 2 is 1.77 bits per heavy atom. The average Bonchev–Trinajstić information content (AvgIpc) is 3.52. The second kappa shape index (κ2) is 11.5. The molecule has 1 fully saturated rings. The van der Waals surface area contributed by atoms with Crippen molar-refractivity contribution >= 4 is 28.7 Å². The lowest BCUT2D eigenvalue weighted by Crippen LogP contribution is -2.45. The molecule has 40 heavy (non-hydrogen) atoms. The van der Waals surface area contributed by atoms with E-state index in [0.717, 1.165) is 66.1 Å². The second-order valence-electron chi connectivity index (χ2n) is 12.6. The van der Waals surface area contributed by atoms with Gasteiger partial charge in [-0.05, 0) is 84.7 Å². The van der Waals surface area contributed by atoms with Crippen molar-refractivity contribution in [3.8, 4) is 0 Å². The Labute approximate surface area is 236 Å². The number of hydrogen-bond donors (Lipinski definition) is 3. The van der Waals surface area contributed by atoms with E-state index in [9.17, 15) is 14.4 Å². The molecule has 3 N–H and O–H groups in total. The molecule has 3 aromatic rings. The van der Waals surface area contributed by atoms with Gasteiger partial charge in [-0.1, -0.05) is 45.0 Å². The summed E-state index contributed by atoms with van der Waals surface area (Å²) in [6, 6.07) is 14.1. The van der Waals surface area contributed by atoms with Crippen LogP contribution in [0.5, 0.6) is 0 Å². The van der Waals surface area contributed by atoms with Gasteiger partial charge in [0.25, 0.3) is 5.91 Å². The number of carbonyl (C=O) groups excluding carboxylic acids is 2. The summed E-state index contributed by atoms with van der Waals surface area (Å²) >= 11 is 0. The minimum absolute atomic E-state index is 0.00647.